The minimum atomic E-state index is -2.72. The van der Waals surface area contributed by atoms with Crippen molar-refractivity contribution in [3.63, 3.8) is 0 Å². The van der Waals surface area contributed by atoms with Gasteiger partial charge in [0.25, 0.3) is 6.43 Å². The average Bonchev–Trinajstić information content (AvgIpc) is 2.68. The number of hydrogen-bond donors (Lipinski definition) is 1. The minimum Gasteiger partial charge on any atom is -0.316 e. The molecule has 1 aliphatic heterocycles. The molecule has 1 aliphatic rings. The predicted molar refractivity (Wildman–Crippen MR) is 68.6 cm³/mol. The Balaban J connectivity index is 2.31. The van der Waals surface area contributed by atoms with Crippen LogP contribution in [0.5, 0.6) is 0 Å². The third-order valence-corrected chi connectivity index (χ3v) is 3.42. The minimum absolute atomic E-state index is 0.0102. The zero-order valence-electron chi connectivity index (χ0n) is 11.5. The number of alkyl halides is 2. The molecule has 116 valence electrons. The number of benzene rings is 1. The van der Waals surface area contributed by atoms with E-state index in [0.717, 1.165) is 11.0 Å². The topological polar surface area (TPSA) is 32.3 Å². The van der Waals surface area contributed by atoms with Crippen molar-refractivity contribution < 1.29 is 22.4 Å². The Labute approximate surface area is 119 Å². The molecule has 3 nitrogen and oxygen atoms in total. The van der Waals surface area contributed by atoms with Crippen LogP contribution in [-0.4, -0.2) is 29.8 Å². The molecule has 1 saturated heterocycles. The first-order chi connectivity index (χ1) is 9.93. The number of carbonyl (C=O) groups excluding carboxylic acids is 1. The van der Waals surface area contributed by atoms with Gasteiger partial charge in [-0.2, -0.15) is 0 Å². The molecule has 1 aromatic rings. The molecule has 21 heavy (non-hydrogen) atoms. The van der Waals surface area contributed by atoms with Gasteiger partial charge in [-0.25, -0.2) is 17.6 Å². The summed E-state index contributed by atoms with van der Waals surface area (Å²) in [5.74, 6) is -2.10. The average molecular weight is 304 g/mol. The fraction of sp³-hybridized carbons (Fsp3) is 0.500. The van der Waals surface area contributed by atoms with E-state index in [0.29, 0.717) is 18.9 Å². The maximum absolute atomic E-state index is 13.8. The van der Waals surface area contributed by atoms with Crippen LogP contribution in [0.3, 0.4) is 0 Å². The Morgan fingerprint density at radius 1 is 1.33 bits per heavy atom. The normalized spacial score (nSPS) is 22.4. The largest absolute Gasteiger partial charge is 0.316 e. The Morgan fingerprint density at radius 3 is 2.62 bits per heavy atom. The van der Waals surface area contributed by atoms with Crippen molar-refractivity contribution >= 4 is 5.91 Å². The molecule has 2 unspecified atom stereocenters. The number of nitrogens with one attached hydrogen (secondary N) is 1. The van der Waals surface area contributed by atoms with Gasteiger partial charge in [-0.3, -0.25) is 10.1 Å². The zero-order chi connectivity index (χ0) is 15.6. The molecule has 0 aromatic heterocycles. The van der Waals surface area contributed by atoms with Gasteiger partial charge in [0.1, 0.15) is 17.8 Å². The van der Waals surface area contributed by atoms with Crippen molar-refractivity contribution in [1.29, 1.82) is 0 Å². The van der Waals surface area contributed by atoms with Gasteiger partial charge in [0.05, 0.1) is 12.6 Å². The maximum Gasteiger partial charge on any atom is 0.255 e. The number of amides is 1. The van der Waals surface area contributed by atoms with Gasteiger partial charge in [-0.05, 0) is 18.6 Å². The van der Waals surface area contributed by atoms with Crippen LogP contribution >= 0.6 is 0 Å². The van der Waals surface area contributed by atoms with Crippen molar-refractivity contribution in [3.8, 4) is 0 Å². The lowest BCUT2D eigenvalue weighted by Gasteiger charge is -2.24. The Kier molecular flexibility index (Phi) is 4.82. The lowest BCUT2D eigenvalue weighted by Crippen LogP contribution is -2.35. The van der Waals surface area contributed by atoms with E-state index in [9.17, 15) is 22.4 Å². The van der Waals surface area contributed by atoms with Crippen LogP contribution in [0.4, 0.5) is 17.6 Å². The number of rotatable bonds is 5. The highest BCUT2D eigenvalue weighted by atomic mass is 19.3. The molecule has 0 radical (unpaired) electrons. The van der Waals surface area contributed by atoms with Crippen LogP contribution in [0.25, 0.3) is 0 Å². The van der Waals surface area contributed by atoms with Crippen LogP contribution in [0.1, 0.15) is 31.5 Å². The van der Waals surface area contributed by atoms with Gasteiger partial charge >= 0.3 is 0 Å². The smallest absolute Gasteiger partial charge is 0.255 e. The molecule has 0 saturated carbocycles. The van der Waals surface area contributed by atoms with Gasteiger partial charge < -0.3 is 4.90 Å². The number of halogens is 4. The highest BCUT2D eigenvalue weighted by Crippen LogP contribution is 2.29. The maximum atomic E-state index is 13.8. The van der Waals surface area contributed by atoms with Gasteiger partial charge in [0.2, 0.25) is 5.91 Å². The van der Waals surface area contributed by atoms with E-state index in [1.807, 2.05) is 6.92 Å². The standard InChI is InChI=1S/C14H16F4N2O/c1-2-3-11-14(21)20(7-12(17)18)13(19-11)9-5-4-8(15)6-10(9)16/h4-6,11-13,19H,2-3,7H2,1H3. The molecule has 1 N–H and O–H groups in total. The second-order valence-corrected chi connectivity index (χ2v) is 4.96. The van der Waals surface area contributed by atoms with E-state index in [1.165, 1.54) is 6.07 Å². The summed E-state index contributed by atoms with van der Waals surface area (Å²) in [6.45, 7) is 1.08. The van der Waals surface area contributed by atoms with Gasteiger partial charge in [0, 0.05) is 11.6 Å². The summed E-state index contributed by atoms with van der Waals surface area (Å²) < 4.78 is 52.1. The third-order valence-electron chi connectivity index (χ3n) is 3.42. The number of carbonyl (C=O) groups is 1. The fourth-order valence-electron chi connectivity index (χ4n) is 2.50. The molecule has 7 heteroatoms. The molecule has 1 amide bonds. The molecule has 2 atom stereocenters. The SMILES string of the molecule is CCCC1NC(c2ccc(F)cc2F)N(CC(F)F)C1=O. The van der Waals surface area contributed by atoms with E-state index < -0.39 is 42.7 Å². The van der Waals surface area contributed by atoms with E-state index in [2.05, 4.69) is 5.32 Å². The Hall–Kier alpha value is -1.63. The van der Waals surface area contributed by atoms with E-state index in [-0.39, 0.29) is 5.56 Å². The molecule has 0 spiro atoms. The molecular formula is C14H16F4N2O. The van der Waals surface area contributed by atoms with Crippen LogP contribution in [0.2, 0.25) is 0 Å². The summed E-state index contributed by atoms with van der Waals surface area (Å²) in [5.41, 5.74) is -0.0102. The third kappa shape index (κ3) is 3.34. The molecule has 1 aromatic carbocycles. The summed E-state index contributed by atoms with van der Waals surface area (Å²) in [6.07, 6.45) is -2.56. The molecule has 0 aliphatic carbocycles. The van der Waals surface area contributed by atoms with Crippen molar-refractivity contribution in [2.45, 2.75) is 38.4 Å². The van der Waals surface area contributed by atoms with Crippen LogP contribution in [-0.2, 0) is 4.79 Å². The molecular weight excluding hydrogens is 288 g/mol. The van der Waals surface area contributed by atoms with Crippen molar-refractivity contribution in [1.82, 2.24) is 10.2 Å². The zero-order valence-corrected chi connectivity index (χ0v) is 11.5. The van der Waals surface area contributed by atoms with Crippen molar-refractivity contribution in [2.24, 2.45) is 0 Å². The van der Waals surface area contributed by atoms with Crippen LogP contribution in [0, 0.1) is 11.6 Å². The van der Waals surface area contributed by atoms with E-state index in [1.54, 1.807) is 0 Å². The monoisotopic (exact) mass is 304 g/mol. The first-order valence-corrected chi connectivity index (χ1v) is 6.73. The van der Waals surface area contributed by atoms with Gasteiger partial charge in [-0.15, -0.1) is 0 Å². The highest BCUT2D eigenvalue weighted by Gasteiger charge is 2.41. The predicted octanol–water partition coefficient (Wildman–Crippen LogP) is 2.83. The van der Waals surface area contributed by atoms with Crippen LogP contribution < -0.4 is 5.32 Å². The van der Waals surface area contributed by atoms with E-state index in [4.69, 9.17) is 0 Å². The first kappa shape index (κ1) is 15.8. The van der Waals surface area contributed by atoms with Crippen molar-refractivity contribution in [3.05, 3.63) is 35.4 Å². The lowest BCUT2D eigenvalue weighted by molar-refractivity contribution is -0.132. The molecule has 1 heterocycles. The van der Waals surface area contributed by atoms with Crippen molar-refractivity contribution in [2.75, 3.05) is 6.54 Å². The Bertz CT molecular complexity index is 524. The summed E-state index contributed by atoms with van der Waals surface area (Å²) in [6, 6.07) is 2.26. The van der Waals surface area contributed by atoms with Gasteiger partial charge in [0.15, 0.2) is 0 Å². The molecule has 2 rings (SSSR count). The first-order valence-electron chi connectivity index (χ1n) is 6.73. The highest BCUT2D eigenvalue weighted by molar-refractivity contribution is 5.84. The summed E-state index contributed by atoms with van der Waals surface area (Å²) in [7, 11) is 0. The quantitative estimate of drug-likeness (QED) is 0.848. The van der Waals surface area contributed by atoms with Gasteiger partial charge in [-0.1, -0.05) is 13.3 Å². The van der Waals surface area contributed by atoms with Crippen LogP contribution in [0.15, 0.2) is 18.2 Å². The number of hydrogen-bond acceptors (Lipinski definition) is 2. The summed E-state index contributed by atoms with van der Waals surface area (Å²) in [4.78, 5) is 13.0. The molecule has 0 bridgehead atoms. The fourth-order valence-corrected chi connectivity index (χ4v) is 2.50. The lowest BCUT2D eigenvalue weighted by atomic mass is 10.1. The summed E-state index contributed by atoms with van der Waals surface area (Å²) >= 11 is 0. The molecule has 1 fully saturated rings. The Morgan fingerprint density at radius 2 is 2.05 bits per heavy atom. The second kappa shape index (κ2) is 6.43. The summed E-state index contributed by atoms with van der Waals surface area (Å²) in [5, 5.41) is 2.85. The van der Waals surface area contributed by atoms with E-state index >= 15 is 0 Å². The number of nitrogens with zero attached hydrogens (tertiary/aromatic N) is 1. The second-order valence-electron chi connectivity index (χ2n) is 4.96.